The lowest BCUT2D eigenvalue weighted by Crippen LogP contribution is -2.40. The van der Waals surface area contributed by atoms with Crippen LogP contribution in [0.2, 0.25) is 0 Å². The zero-order valence-corrected chi connectivity index (χ0v) is 40.7. The Bertz CT molecular complexity index is 1300. The van der Waals surface area contributed by atoms with Gasteiger partial charge in [-0.1, -0.05) is 182 Å². The van der Waals surface area contributed by atoms with Gasteiger partial charge in [0.2, 0.25) is 0 Å². The van der Waals surface area contributed by atoms with E-state index >= 15 is 0 Å². The molecule has 0 aromatic carbocycles. The first-order valence-corrected chi connectivity index (χ1v) is 24.8. The maximum absolute atomic E-state index is 12.7. The molecule has 0 fully saturated rings. The summed E-state index contributed by atoms with van der Waals surface area (Å²) in [5.74, 6) is -2.18. The Kier molecular flexibility index (Phi) is 42.5. The second-order valence-electron chi connectivity index (χ2n) is 17.4. The molecule has 9 nitrogen and oxygen atoms in total. The van der Waals surface area contributed by atoms with Crippen LogP contribution >= 0.6 is 0 Å². The fraction of sp³-hybridized carbons (Fsp3) is 0.685. The van der Waals surface area contributed by atoms with Crippen LogP contribution in [0.25, 0.3) is 0 Å². The number of rotatable bonds is 44. The Morgan fingerprint density at radius 2 is 0.952 bits per heavy atom. The molecule has 0 spiro atoms. The summed E-state index contributed by atoms with van der Waals surface area (Å²) in [5.41, 5.74) is 0. The summed E-state index contributed by atoms with van der Waals surface area (Å²) in [6, 6.07) is 0. The highest BCUT2D eigenvalue weighted by molar-refractivity contribution is 5.72. The van der Waals surface area contributed by atoms with Crippen molar-refractivity contribution in [3.63, 3.8) is 0 Å². The van der Waals surface area contributed by atoms with Gasteiger partial charge in [0.25, 0.3) is 6.29 Å². The van der Waals surface area contributed by atoms with Gasteiger partial charge in [-0.05, 0) is 70.6 Å². The van der Waals surface area contributed by atoms with Gasteiger partial charge >= 0.3 is 17.9 Å². The Balaban J connectivity index is 4.42. The van der Waals surface area contributed by atoms with Crippen LogP contribution in [0, 0.1) is 0 Å². The molecule has 0 saturated heterocycles. The van der Waals surface area contributed by atoms with E-state index in [4.69, 9.17) is 18.9 Å². The number of hydrogen-bond donors (Lipinski definition) is 1. The fourth-order valence-corrected chi connectivity index (χ4v) is 6.35. The molecule has 0 aromatic rings. The number of aliphatic carboxylic acids is 1. The van der Waals surface area contributed by atoms with E-state index in [2.05, 4.69) is 80.7 Å². The Morgan fingerprint density at radius 3 is 1.43 bits per heavy atom. The predicted octanol–water partition coefficient (Wildman–Crippen LogP) is 13.7. The summed E-state index contributed by atoms with van der Waals surface area (Å²) in [5, 5.41) is 9.65. The number of esters is 2. The predicted molar refractivity (Wildman–Crippen MR) is 262 cm³/mol. The number of nitrogens with zero attached hydrogens (tertiary/aromatic N) is 1. The molecular weight excluding hydrogens is 791 g/mol. The normalized spacial score (nSPS) is 13.6. The van der Waals surface area contributed by atoms with E-state index in [9.17, 15) is 19.5 Å². The summed E-state index contributed by atoms with van der Waals surface area (Å²) in [4.78, 5) is 37.1. The molecule has 0 aliphatic carbocycles. The molecule has 1 N–H and O–H groups in total. The minimum absolute atomic E-state index is 0.0238. The smallest absolute Gasteiger partial charge is 0.361 e. The number of carboxylic acid groups (broad SMARTS) is 1. The Labute approximate surface area is 385 Å². The van der Waals surface area contributed by atoms with Gasteiger partial charge < -0.3 is 28.5 Å². The van der Waals surface area contributed by atoms with Crippen molar-refractivity contribution in [2.75, 3.05) is 47.5 Å². The molecule has 0 aliphatic heterocycles. The Morgan fingerprint density at radius 1 is 0.508 bits per heavy atom. The van der Waals surface area contributed by atoms with E-state index in [-0.39, 0.29) is 38.6 Å². The minimum Gasteiger partial charge on any atom is -0.477 e. The first-order chi connectivity index (χ1) is 30.6. The van der Waals surface area contributed by atoms with Gasteiger partial charge in [-0.15, -0.1) is 0 Å². The number of carboxylic acids is 1. The van der Waals surface area contributed by atoms with Gasteiger partial charge in [-0.3, -0.25) is 9.59 Å². The zero-order valence-electron chi connectivity index (χ0n) is 40.7. The first-order valence-electron chi connectivity index (χ1n) is 24.8. The molecule has 360 valence electrons. The zero-order chi connectivity index (χ0) is 46.3. The molecule has 2 atom stereocenters. The Hall–Kier alpha value is -3.53. The van der Waals surface area contributed by atoms with E-state index in [1.807, 2.05) is 33.3 Å². The van der Waals surface area contributed by atoms with Crippen molar-refractivity contribution in [2.24, 2.45) is 0 Å². The number of hydrogen-bond acceptors (Lipinski definition) is 7. The van der Waals surface area contributed by atoms with Crippen molar-refractivity contribution in [3.8, 4) is 0 Å². The number of unbranched alkanes of at least 4 members (excludes halogenated alkanes) is 16. The van der Waals surface area contributed by atoms with Gasteiger partial charge in [0.05, 0.1) is 40.8 Å². The van der Waals surface area contributed by atoms with E-state index in [1.54, 1.807) is 6.08 Å². The molecule has 0 rings (SSSR count). The topological polar surface area (TPSA) is 108 Å². The van der Waals surface area contributed by atoms with E-state index < -0.39 is 24.3 Å². The number of quaternary nitrogens is 1. The molecule has 0 bridgehead atoms. The summed E-state index contributed by atoms with van der Waals surface area (Å²) < 4.78 is 22.6. The second kappa shape index (κ2) is 45.1. The number of allylic oxidation sites excluding steroid dienone is 13. The average molecular weight is 883 g/mol. The molecule has 0 aromatic heterocycles. The third kappa shape index (κ3) is 46.3. The van der Waals surface area contributed by atoms with Gasteiger partial charge in [-0.25, -0.2) is 4.79 Å². The lowest BCUT2D eigenvalue weighted by molar-refractivity contribution is -0.870. The number of likely N-dealkylation sites (N-methyl/N-ethyl adjacent to an activating group) is 1. The first kappa shape index (κ1) is 59.5. The van der Waals surface area contributed by atoms with E-state index in [1.165, 1.54) is 96.3 Å². The van der Waals surface area contributed by atoms with Gasteiger partial charge in [-0.2, -0.15) is 0 Å². The number of carbonyl (C=O) groups excluding carboxylic acids is 2. The summed E-state index contributed by atoms with van der Waals surface area (Å²) >= 11 is 0. The van der Waals surface area contributed by atoms with Crippen molar-refractivity contribution in [2.45, 2.75) is 193 Å². The summed E-state index contributed by atoms with van der Waals surface area (Å²) in [7, 11) is 5.92. The lowest BCUT2D eigenvalue weighted by atomic mass is 10.0. The van der Waals surface area contributed by atoms with Crippen LogP contribution in [0.3, 0.4) is 0 Å². The second-order valence-corrected chi connectivity index (χ2v) is 17.4. The molecule has 9 heteroatoms. The third-order valence-electron chi connectivity index (χ3n) is 10.2. The average Bonchev–Trinajstić information content (AvgIpc) is 3.24. The maximum Gasteiger partial charge on any atom is 0.361 e. The fourth-order valence-electron chi connectivity index (χ4n) is 6.35. The molecule has 0 amide bonds. The molecular formula is C54H92NO8+. The van der Waals surface area contributed by atoms with Crippen LogP contribution in [0.1, 0.15) is 181 Å². The van der Waals surface area contributed by atoms with E-state index in [0.717, 1.165) is 51.4 Å². The van der Waals surface area contributed by atoms with Gasteiger partial charge in [0.15, 0.2) is 6.10 Å². The molecule has 0 heterocycles. The van der Waals surface area contributed by atoms with Crippen molar-refractivity contribution < 1.29 is 42.9 Å². The van der Waals surface area contributed by atoms with E-state index in [0.29, 0.717) is 17.4 Å². The summed E-state index contributed by atoms with van der Waals surface area (Å²) in [6.07, 6.45) is 55.4. The highest BCUT2D eigenvalue weighted by atomic mass is 16.7. The number of ether oxygens (including phenoxy) is 4. The quantitative estimate of drug-likeness (QED) is 0.0212. The third-order valence-corrected chi connectivity index (χ3v) is 10.2. The molecule has 2 unspecified atom stereocenters. The van der Waals surface area contributed by atoms with Crippen molar-refractivity contribution in [1.82, 2.24) is 0 Å². The van der Waals surface area contributed by atoms with Gasteiger partial charge in [0, 0.05) is 6.42 Å². The van der Waals surface area contributed by atoms with Crippen molar-refractivity contribution in [1.29, 1.82) is 0 Å². The van der Waals surface area contributed by atoms with Gasteiger partial charge in [0.1, 0.15) is 13.2 Å². The number of carbonyl (C=O) groups is 3. The van der Waals surface area contributed by atoms with Crippen molar-refractivity contribution >= 4 is 17.9 Å². The molecule has 0 saturated carbocycles. The monoisotopic (exact) mass is 883 g/mol. The largest absolute Gasteiger partial charge is 0.477 e. The SMILES string of the molecule is CC/C=C\C/C=C\C/C=C\C/C=C\C/C=C\CC(=O)OC(COC(=O)CCCCCCCCCCCCC/C=C\C/C=C\CCCCCCC)COC(OCC[N+](C)(C)C)C(=O)O. The highest BCUT2D eigenvalue weighted by Crippen LogP contribution is 2.14. The maximum atomic E-state index is 12.7. The molecule has 0 aliphatic rings. The summed E-state index contributed by atoms with van der Waals surface area (Å²) in [6.45, 7) is 4.62. The lowest BCUT2D eigenvalue weighted by Gasteiger charge is -2.25. The van der Waals surface area contributed by atoms with Crippen LogP contribution < -0.4 is 0 Å². The van der Waals surface area contributed by atoms with Crippen LogP contribution in [0.15, 0.2) is 85.1 Å². The van der Waals surface area contributed by atoms with Crippen LogP contribution in [-0.4, -0.2) is 87.4 Å². The van der Waals surface area contributed by atoms with Crippen LogP contribution in [0.4, 0.5) is 0 Å². The highest BCUT2D eigenvalue weighted by Gasteiger charge is 2.25. The minimum atomic E-state index is -1.54. The van der Waals surface area contributed by atoms with Crippen molar-refractivity contribution in [3.05, 3.63) is 85.1 Å². The van der Waals surface area contributed by atoms with Crippen LogP contribution in [0.5, 0.6) is 0 Å². The van der Waals surface area contributed by atoms with Crippen LogP contribution in [-0.2, 0) is 33.3 Å². The molecule has 63 heavy (non-hydrogen) atoms. The standard InChI is InChI=1S/C54H91NO8/c1-6-8-10-12-14-16-18-20-22-23-24-25-26-27-28-29-31-32-34-36-38-40-42-44-51(56)61-48-50(49-62-54(53(58)59)60-47-46-55(3,4)5)63-52(57)45-43-41-39-37-35-33-30-21-19-17-15-13-11-9-7-2/h9,11,15,17-18,20-21,23-24,30,35,37,41,43,50,54H,6-8,10,12-14,16,19,22,25-29,31-34,36,38-40,42,44-49H2,1-5H3/p+1/b11-9-,17-15-,20-18-,24-23-,30-21-,37-35-,43-41-. The molecule has 0 radical (unpaired) electrons.